The molecule has 0 saturated carbocycles. The minimum Gasteiger partial charge on any atom is -0.496 e. The lowest BCUT2D eigenvalue weighted by atomic mass is 9.98. The lowest BCUT2D eigenvalue weighted by molar-refractivity contribution is -0.123. The smallest absolute Gasteiger partial charge is 0.262 e. The number of ether oxygens (including phenoxy) is 4. The van der Waals surface area contributed by atoms with Crippen LogP contribution in [0.5, 0.6) is 23.0 Å². The van der Waals surface area contributed by atoms with Crippen molar-refractivity contribution < 1.29 is 42.5 Å². The molecule has 3 N–H and O–H groups in total. The Kier molecular flexibility index (Phi) is 8.94. The summed E-state index contributed by atoms with van der Waals surface area (Å²) in [6.45, 7) is -0.0192. The topological polar surface area (TPSA) is 145 Å². The van der Waals surface area contributed by atoms with Gasteiger partial charge in [-0.05, 0) is 71.8 Å². The van der Waals surface area contributed by atoms with E-state index in [1.54, 1.807) is 65.6 Å². The van der Waals surface area contributed by atoms with Crippen LogP contribution in [0.15, 0.2) is 78.9 Å². The van der Waals surface area contributed by atoms with Crippen LogP contribution in [0.25, 0.3) is 11.1 Å². The predicted molar refractivity (Wildman–Crippen MR) is 179 cm³/mol. The number of anilines is 1. The molecule has 256 valence electrons. The molecule has 0 radical (unpaired) electrons. The Morgan fingerprint density at radius 2 is 1.76 bits per heavy atom. The summed E-state index contributed by atoms with van der Waals surface area (Å²) in [5.41, 5.74) is 2.94. The highest BCUT2D eigenvalue weighted by atomic mass is 19.1. The van der Waals surface area contributed by atoms with Gasteiger partial charge in [0.25, 0.3) is 23.6 Å². The number of likely N-dealkylation sites (tertiary alicyclic amines) is 1. The lowest BCUT2D eigenvalue weighted by Crippen LogP contribution is -2.58. The summed E-state index contributed by atoms with van der Waals surface area (Å²) in [7, 11) is 1.53. The fourth-order valence-electron chi connectivity index (χ4n) is 6.23. The van der Waals surface area contributed by atoms with Crippen LogP contribution in [-0.2, 0) is 16.1 Å². The molecule has 12 nitrogen and oxygen atoms in total. The fourth-order valence-corrected chi connectivity index (χ4v) is 6.23. The van der Waals surface area contributed by atoms with Crippen LogP contribution in [0.1, 0.15) is 32.7 Å². The van der Waals surface area contributed by atoms with Gasteiger partial charge in [0.2, 0.25) is 0 Å². The van der Waals surface area contributed by atoms with Crippen LogP contribution in [0.4, 0.5) is 10.1 Å². The summed E-state index contributed by atoms with van der Waals surface area (Å²) in [5.74, 6) is -0.404. The van der Waals surface area contributed by atoms with E-state index in [1.165, 1.54) is 19.2 Å². The van der Waals surface area contributed by atoms with E-state index in [4.69, 9.17) is 18.9 Å². The maximum absolute atomic E-state index is 14.8. The molecule has 4 amide bonds. The highest BCUT2D eigenvalue weighted by Gasteiger charge is 2.35. The normalized spacial score (nSPS) is 18.8. The summed E-state index contributed by atoms with van der Waals surface area (Å²) >= 11 is 0. The summed E-state index contributed by atoms with van der Waals surface area (Å²) < 4.78 is 37.9. The molecule has 7 rings (SSSR count). The number of carbonyl (C=O) groups excluding carboxylic acids is 4. The maximum atomic E-state index is 14.8. The Balaban J connectivity index is 1.22. The second-order valence-electron chi connectivity index (χ2n) is 12.1. The van der Waals surface area contributed by atoms with Crippen molar-refractivity contribution in [2.24, 2.45) is 0 Å². The molecule has 4 aromatic rings. The average Bonchev–Trinajstić information content (AvgIpc) is 3.12. The minimum absolute atomic E-state index is 0.0284. The number of nitrogens with one attached hydrogen (secondary N) is 3. The van der Waals surface area contributed by atoms with Gasteiger partial charge in [0.15, 0.2) is 13.2 Å². The molecule has 2 atom stereocenters. The second kappa shape index (κ2) is 13.8. The van der Waals surface area contributed by atoms with Crippen molar-refractivity contribution in [2.75, 3.05) is 38.7 Å². The number of hydrogen-bond donors (Lipinski definition) is 3. The van der Waals surface area contributed by atoms with Crippen molar-refractivity contribution in [3.05, 3.63) is 101 Å². The molecule has 0 spiro atoms. The summed E-state index contributed by atoms with van der Waals surface area (Å²) in [6, 6.07) is 20.3. The Morgan fingerprint density at radius 3 is 2.62 bits per heavy atom. The number of rotatable bonds is 2. The molecule has 3 aliphatic heterocycles. The Labute approximate surface area is 286 Å². The molecule has 1 saturated heterocycles. The third-order valence-corrected chi connectivity index (χ3v) is 8.70. The quantitative estimate of drug-likeness (QED) is 0.289. The molecular formula is C37H33FN4O8. The molecular weight excluding hydrogens is 647 g/mol. The molecule has 50 heavy (non-hydrogen) atoms. The van der Waals surface area contributed by atoms with Crippen molar-refractivity contribution >= 4 is 29.3 Å². The number of halogens is 1. The first-order valence-electron chi connectivity index (χ1n) is 16.0. The number of nitrogens with zero attached hydrogens (tertiary/aromatic N) is 1. The third kappa shape index (κ3) is 7.02. The highest BCUT2D eigenvalue weighted by Crippen LogP contribution is 2.34. The monoisotopic (exact) mass is 680 g/mol. The van der Waals surface area contributed by atoms with Crippen LogP contribution < -0.4 is 34.9 Å². The number of piperidine rings is 1. The summed E-state index contributed by atoms with van der Waals surface area (Å²) in [4.78, 5) is 53.6. The third-order valence-electron chi connectivity index (χ3n) is 8.70. The van der Waals surface area contributed by atoms with Gasteiger partial charge in [0.1, 0.15) is 34.9 Å². The summed E-state index contributed by atoms with van der Waals surface area (Å²) in [5, 5.41) is 8.52. The Hall–Kier alpha value is -6.11. The van der Waals surface area contributed by atoms with E-state index in [0.29, 0.717) is 57.2 Å². The van der Waals surface area contributed by atoms with E-state index in [0.717, 1.165) is 0 Å². The molecule has 0 aliphatic carbocycles. The zero-order chi connectivity index (χ0) is 34.8. The van der Waals surface area contributed by atoms with Gasteiger partial charge in [-0.3, -0.25) is 19.2 Å². The number of carbonyl (C=O) groups is 4. The van der Waals surface area contributed by atoms with E-state index in [2.05, 4.69) is 16.0 Å². The van der Waals surface area contributed by atoms with E-state index >= 15 is 0 Å². The molecule has 13 heteroatoms. The predicted octanol–water partition coefficient (Wildman–Crippen LogP) is 3.93. The molecule has 1 fully saturated rings. The molecule has 6 bridgehead atoms. The molecule has 0 aromatic heterocycles. The largest absolute Gasteiger partial charge is 0.496 e. The van der Waals surface area contributed by atoms with Gasteiger partial charge >= 0.3 is 0 Å². The average molecular weight is 681 g/mol. The van der Waals surface area contributed by atoms with Crippen LogP contribution in [0.3, 0.4) is 0 Å². The first-order chi connectivity index (χ1) is 24.2. The molecule has 4 aromatic carbocycles. The van der Waals surface area contributed by atoms with Gasteiger partial charge in [-0.25, -0.2) is 4.39 Å². The maximum Gasteiger partial charge on any atom is 0.262 e. The minimum atomic E-state index is -0.704. The standard InChI is InChI=1S/C37H33FN4O8/c1-47-31-8-6-23-14-28(31)22-3-2-4-26(13-22)48-19-34(43)39-17-21-11-25(38)16-27(12-21)50-32-9-10-42(18-30(32)41-36(23)45)37(46)24-5-7-29-33(15-24)49-20-35(44)40-29/h2-8,11-16,30,32H,9-10,17-20H2,1H3,(H,39,43)(H,40,44)(H,41,45)/t30-,32-/m1/s1. The van der Waals surface area contributed by atoms with E-state index < -0.39 is 29.8 Å². The molecule has 3 heterocycles. The van der Waals surface area contributed by atoms with Gasteiger partial charge in [-0.15, -0.1) is 0 Å². The second-order valence-corrected chi connectivity index (χ2v) is 12.1. The zero-order valence-corrected chi connectivity index (χ0v) is 27.0. The fraction of sp³-hybridized carbons (Fsp3) is 0.243. The van der Waals surface area contributed by atoms with Crippen molar-refractivity contribution in [3.63, 3.8) is 0 Å². The molecule has 0 unspecified atom stereocenters. The Bertz CT molecular complexity index is 2000. The van der Waals surface area contributed by atoms with E-state index in [9.17, 15) is 23.6 Å². The first-order valence-corrected chi connectivity index (χ1v) is 16.0. The van der Waals surface area contributed by atoms with Gasteiger partial charge < -0.3 is 39.8 Å². The highest BCUT2D eigenvalue weighted by molar-refractivity contribution is 5.99. The lowest BCUT2D eigenvalue weighted by Gasteiger charge is -2.39. The van der Waals surface area contributed by atoms with Crippen LogP contribution in [-0.4, -0.2) is 74.1 Å². The van der Waals surface area contributed by atoms with Crippen molar-refractivity contribution in [3.8, 4) is 34.1 Å². The van der Waals surface area contributed by atoms with Crippen molar-refractivity contribution in [1.82, 2.24) is 15.5 Å². The number of hydrogen-bond acceptors (Lipinski definition) is 8. The number of benzene rings is 4. The van der Waals surface area contributed by atoms with Gasteiger partial charge in [0, 0.05) is 48.8 Å². The SMILES string of the molecule is COc1ccc2cc1-c1cccc(c1)OCC(=O)NCc1cc(F)cc(c1)O[C@@H]1CCN(C(=O)c3ccc4c(c3)OCC(=O)N4)C[C@H]1NC2=O. The van der Waals surface area contributed by atoms with Gasteiger partial charge in [-0.1, -0.05) is 12.1 Å². The van der Waals surface area contributed by atoms with Crippen LogP contribution in [0.2, 0.25) is 0 Å². The van der Waals surface area contributed by atoms with Crippen molar-refractivity contribution in [1.29, 1.82) is 0 Å². The Morgan fingerprint density at radius 1 is 0.900 bits per heavy atom. The van der Waals surface area contributed by atoms with Gasteiger partial charge in [0.05, 0.1) is 18.8 Å². The van der Waals surface area contributed by atoms with E-state index in [-0.39, 0.29) is 50.4 Å². The summed E-state index contributed by atoms with van der Waals surface area (Å²) in [6.07, 6.45) is -0.325. The number of fused-ring (bicyclic) bond motifs is 9. The molecule has 3 aliphatic rings. The first kappa shape index (κ1) is 32.4. The van der Waals surface area contributed by atoms with E-state index in [1.807, 2.05) is 6.07 Å². The van der Waals surface area contributed by atoms with Crippen LogP contribution in [0, 0.1) is 5.82 Å². The zero-order valence-electron chi connectivity index (χ0n) is 27.0. The number of amides is 4. The van der Waals surface area contributed by atoms with Crippen molar-refractivity contribution in [2.45, 2.75) is 25.1 Å². The van der Waals surface area contributed by atoms with Gasteiger partial charge in [-0.2, -0.15) is 0 Å². The number of methoxy groups -OCH3 is 1. The van der Waals surface area contributed by atoms with Crippen LogP contribution >= 0.6 is 0 Å².